The van der Waals surface area contributed by atoms with Gasteiger partial charge in [0.1, 0.15) is 5.82 Å². The van der Waals surface area contributed by atoms with Gasteiger partial charge in [-0.25, -0.2) is 4.39 Å². The van der Waals surface area contributed by atoms with E-state index in [0.29, 0.717) is 18.0 Å². The Balaban J connectivity index is 2.52. The molecule has 112 valence electrons. The Morgan fingerprint density at radius 3 is 2.19 bits per heavy atom. The van der Waals surface area contributed by atoms with Gasteiger partial charge < -0.3 is 14.8 Å². The predicted octanol–water partition coefficient (Wildman–Crippen LogP) is 3.62. The van der Waals surface area contributed by atoms with Crippen molar-refractivity contribution < 1.29 is 13.9 Å². The molecule has 0 atom stereocenters. The normalized spacial score (nSPS) is 10.5. The molecule has 1 N–H and O–H groups in total. The predicted molar refractivity (Wildman–Crippen MR) is 82.3 cm³/mol. The van der Waals surface area contributed by atoms with E-state index in [0.717, 1.165) is 23.2 Å². The quantitative estimate of drug-likeness (QED) is 0.881. The molecule has 0 saturated carbocycles. The van der Waals surface area contributed by atoms with Crippen LogP contribution in [0.25, 0.3) is 11.1 Å². The molecule has 4 heteroatoms. The first kappa shape index (κ1) is 15.3. The van der Waals surface area contributed by atoms with Crippen LogP contribution in [0.4, 0.5) is 4.39 Å². The standard InChI is InChI=1S/C17H20FNO2/c1-4-19-11-13-9-16(20-2)17(21-3)10-15(13)12-5-7-14(18)8-6-12/h5-10,19H,4,11H2,1-3H3. The molecule has 0 aliphatic carbocycles. The van der Waals surface area contributed by atoms with E-state index in [4.69, 9.17) is 9.47 Å². The third-order valence-corrected chi connectivity index (χ3v) is 3.33. The number of hydrogen-bond donors (Lipinski definition) is 1. The Morgan fingerprint density at radius 2 is 1.62 bits per heavy atom. The lowest BCUT2D eigenvalue weighted by atomic mass is 9.98. The average molecular weight is 289 g/mol. The second-order valence-corrected chi connectivity index (χ2v) is 4.65. The van der Waals surface area contributed by atoms with Crippen molar-refractivity contribution in [2.45, 2.75) is 13.5 Å². The lowest BCUT2D eigenvalue weighted by Gasteiger charge is -2.15. The van der Waals surface area contributed by atoms with Gasteiger partial charge in [0.05, 0.1) is 14.2 Å². The lowest BCUT2D eigenvalue weighted by molar-refractivity contribution is 0.354. The molecule has 0 heterocycles. The minimum absolute atomic E-state index is 0.243. The fourth-order valence-corrected chi connectivity index (χ4v) is 2.23. The molecular formula is C17H20FNO2. The molecule has 0 radical (unpaired) electrons. The van der Waals surface area contributed by atoms with E-state index in [1.807, 2.05) is 12.1 Å². The molecule has 0 aliphatic heterocycles. The van der Waals surface area contributed by atoms with E-state index in [-0.39, 0.29) is 5.82 Å². The summed E-state index contributed by atoms with van der Waals surface area (Å²) in [6.07, 6.45) is 0. The van der Waals surface area contributed by atoms with Crippen LogP contribution in [-0.2, 0) is 6.54 Å². The van der Waals surface area contributed by atoms with Gasteiger partial charge in [-0.3, -0.25) is 0 Å². The fraction of sp³-hybridized carbons (Fsp3) is 0.294. The molecule has 0 spiro atoms. The molecule has 0 aliphatic rings. The third-order valence-electron chi connectivity index (χ3n) is 3.33. The SMILES string of the molecule is CCNCc1cc(OC)c(OC)cc1-c1ccc(F)cc1. The highest BCUT2D eigenvalue weighted by Gasteiger charge is 2.12. The zero-order valence-corrected chi connectivity index (χ0v) is 12.6. The van der Waals surface area contributed by atoms with Gasteiger partial charge in [-0.15, -0.1) is 0 Å². The zero-order valence-electron chi connectivity index (χ0n) is 12.6. The van der Waals surface area contributed by atoms with Gasteiger partial charge in [-0.1, -0.05) is 19.1 Å². The van der Waals surface area contributed by atoms with E-state index in [9.17, 15) is 4.39 Å². The van der Waals surface area contributed by atoms with Crippen molar-refractivity contribution in [3.05, 3.63) is 47.8 Å². The molecule has 21 heavy (non-hydrogen) atoms. The van der Waals surface area contributed by atoms with Crippen LogP contribution < -0.4 is 14.8 Å². The second kappa shape index (κ2) is 7.09. The van der Waals surface area contributed by atoms with Crippen molar-refractivity contribution >= 4 is 0 Å². The van der Waals surface area contributed by atoms with Crippen molar-refractivity contribution in [2.75, 3.05) is 20.8 Å². The molecule has 2 aromatic carbocycles. The van der Waals surface area contributed by atoms with Crippen molar-refractivity contribution in [3.8, 4) is 22.6 Å². The van der Waals surface area contributed by atoms with Crippen LogP contribution in [0.15, 0.2) is 36.4 Å². The first-order chi connectivity index (χ1) is 10.2. The highest BCUT2D eigenvalue weighted by molar-refractivity contribution is 5.71. The zero-order chi connectivity index (χ0) is 15.2. The summed E-state index contributed by atoms with van der Waals surface area (Å²) in [5.74, 6) is 1.11. The minimum atomic E-state index is -0.243. The topological polar surface area (TPSA) is 30.5 Å². The largest absolute Gasteiger partial charge is 0.493 e. The van der Waals surface area contributed by atoms with Gasteiger partial charge in [-0.05, 0) is 47.5 Å². The fourth-order valence-electron chi connectivity index (χ4n) is 2.23. The summed E-state index contributed by atoms with van der Waals surface area (Å²) in [6, 6.07) is 10.4. The Labute approximate surface area is 124 Å². The number of ether oxygens (including phenoxy) is 2. The van der Waals surface area contributed by atoms with Crippen LogP contribution in [0.2, 0.25) is 0 Å². The Bertz CT molecular complexity index is 596. The number of benzene rings is 2. The van der Waals surface area contributed by atoms with Crippen LogP contribution in [0, 0.1) is 5.82 Å². The highest BCUT2D eigenvalue weighted by atomic mass is 19.1. The molecule has 0 aromatic heterocycles. The van der Waals surface area contributed by atoms with E-state index in [1.165, 1.54) is 12.1 Å². The highest BCUT2D eigenvalue weighted by Crippen LogP contribution is 2.35. The van der Waals surface area contributed by atoms with Crippen molar-refractivity contribution in [2.24, 2.45) is 0 Å². The summed E-state index contributed by atoms with van der Waals surface area (Å²) in [6.45, 7) is 3.64. The summed E-state index contributed by atoms with van der Waals surface area (Å²) >= 11 is 0. The second-order valence-electron chi connectivity index (χ2n) is 4.65. The Morgan fingerprint density at radius 1 is 1.00 bits per heavy atom. The summed E-state index contributed by atoms with van der Waals surface area (Å²) in [4.78, 5) is 0. The Hall–Kier alpha value is -2.07. The monoisotopic (exact) mass is 289 g/mol. The van der Waals surface area contributed by atoms with Gasteiger partial charge >= 0.3 is 0 Å². The van der Waals surface area contributed by atoms with E-state index >= 15 is 0 Å². The van der Waals surface area contributed by atoms with Crippen LogP contribution >= 0.6 is 0 Å². The molecule has 0 unspecified atom stereocenters. The maximum Gasteiger partial charge on any atom is 0.161 e. The summed E-state index contributed by atoms with van der Waals surface area (Å²) in [5.41, 5.74) is 3.04. The van der Waals surface area contributed by atoms with Crippen molar-refractivity contribution in [3.63, 3.8) is 0 Å². The molecule has 3 nitrogen and oxygen atoms in total. The third kappa shape index (κ3) is 3.52. The van der Waals surface area contributed by atoms with Crippen molar-refractivity contribution in [1.82, 2.24) is 5.32 Å². The summed E-state index contributed by atoms with van der Waals surface area (Å²) in [5, 5.41) is 3.30. The smallest absolute Gasteiger partial charge is 0.161 e. The minimum Gasteiger partial charge on any atom is -0.493 e. The maximum atomic E-state index is 13.1. The molecule has 0 saturated heterocycles. The number of hydrogen-bond acceptors (Lipinski definition) is 3. The van der Waals surface area contributed by atoms with E-state index in [2.05, 4.69) is 12.2 Å². The summed E-state index contributed by atoms with van der Waals surface area (Å²) < 4.78 is 23.8. The first-order valence-electron chi connectivity index (χ1n) is 6.91. The lowest BCUT2D eigenvalue weighted by Crippen LogP contribution is -2.12. The number of halogens is 1. The van der Waals surface area contributed by atoms with Crippen LogP contribution in [0.5, 0.6) is 11.5 Å². The number of rotatable bonds is 6. The van der Waals surface area contributed by atoms with Gasteiger partial charge in [0, 0.05) is 6.54 Å². The molecule has 0 fully saturated rings. The molecule has 0 bridgehead atoms. The maximum absolute atomic E-state index is 13.1. The van der Waals surface area contributed by atoms with Gasteiger partial charge in [0.15, 0.2) is 11.5 Å². The Kier molecular flexibility index (Phi) is 5.17. The van der Waals surface area contributed by atoms with Gasteiger partial charge in [-0.2, -0.15) is 0 Å². The van der Waals surface area contributed by atoms with Gasteiger partial charge in [0.25, 0.3) is 0 Å². The molecule has 0 amide bonds. The molecular weight excluding hydrogens is 269 g/mol. The average Bonchev–Trinajstić information content (AvgIpc) is 2.52. The number of nitrogens with one attached hydrogen (secondary N) is 1. The van der Waals surface area contributed by atoms with Crippen LogP contribution in [0.3, 0.4) is 0 Å². The van der Waals surface area contributed by atoms with Crippen molar-refractivity contribution in [1.29, 1.82) is 0 Å². The number of methoxy groups -OCH3 is 2. The van der Waals surface area contributed by atoms with Crippen LogP contribution in [0.1, 0.15) is 12.5 Å². The van der Waals surface area contributed by atoms with E-state index < -0.39 is 0 Å². The van der Waals surface area contributed by atoms with Crippen LogP contribution in [-0.4, -0.2) is 20.8 Å². The molecule has 2 rings (SSSR count). The van der Waals surface area contributed by atoms with Gasteiger partial charge in [0.2, 0.25) is 0 Å². The summed E-state index contributed by atoms with van der Waals surface area (Å²) in [7, 11) is 3.22. The molecule has 2 aromatic rings. The first-order valence-corrected chi connectivity index (χ1v) is 6.91. The van der Waals surface area contributed by atoms with E-state index in [1.54, 1.807) is 26.4 Å².